The Morgan fingerprint density at radius 2 is 1.91 bits per heavy atom. The summed E-state index contributed by atoms with van der Waals surface area (Å²) >= 11 is 0. The average Bonchev–Trinajstić information content (AvgIpc) is 2.62. The van der Waals surface area contributed by atoms with Crippen molar-refractivity contribution >= 4 is 5.82 Å². The molecule has 2 aromatic rings. The number of nitrogens with one attached hydrogen (secondary N) is 1. The van der Waals surface area contributed by atoms with Crippen molar-refractivity contribution in [2.75, 3.05) is 37.7 Å². The van der Waals surface area contributed by atoms with Gasteiger partial charge in [0.1, 0.15) is 5.82 Å². The number of benzene rings is 1. The molecule has 0 saturated carbocycles. The first kappa shape index (κ1) is 13.7. The first-order chi connectivity index (χ1) is 10.9. The summed E-state index contributed by atoms with van der Waals surface area (Å²) in [6.45, 7) is 5.37. The molecule has 0 bridgehead atoms. The first-order valence-electron chi connectivity index (χ1n) is 8.03. The lowest BCUT2D eigenvalue weighted by Crippen LogP contribution is -2.37. The van der Waals surface area contributed by atoms with Gasteiger partial charge in [0, 0.05) is 38.3 Å². The fourth-order valence-electron chi connectivity index (χ4n) is 3.26. The Hall–Kier alpha value is -1.91. The van der Waals surface area contributed by atoms with Crippen LogP contribution in [0, 0.1) is 0 Å². The highest BCUT2D eigenvalue weighted by molar-refractivity contribution is 5.72. The van der Waals surface area contributed by atoms with Crippen LogP contribution in [0.3, 0.4) is 0 Å². The highest BCUT2D eigenvalue weighted by Crippen LogP contribution is 2.31. The third-order valence-electron chi connectivity index (χ3n) is 4.46. The van der Waals surface area contributed by atoms with E-state index >= 15 is 0 Å². The van der Waals surface area contributed by atoms with Gasteiger partial charge in [0.05, 0.1) is 13.2 Å². The summed E-state index contributed by atoms with van der Waals surface area (Å²) in [5.74, 6) is 1.10. The highest BCUT2D eigenvalue weighted by Gasteiger charge is 2.20. The van der Waals surface area contributed by atoms with Gasteiger partial charge >= 0.3 is 0 Å². The van der Waals surface area contributed by atoms with E-state index in [0.29, 0.717) is 0 Å². The molecule has 4 heteroatoms. The zero-order valence-corrected chi connectivity index (χ0v) is 12.7. The summed E-state index contributed by atoms with van der Waals surface area (Å²) in [5, 5.41) is 3.48. The molecule has 0 spiro atoms. The van der Waals surface area contributed by atoms with Crippen LogP contribution in [0.4, 0.5) is 5.82 Å². The van der Waals surface area contributed by atoms with Gasteiger partial charge in [0.25, 0.3) is 0 Å². The van der Waals surface area contributed by atoms with Crippen LogP contribution in [0.1, 0.15) is 11.3 Å². The summed E-state index contributed by atoms with van der Waals surface area (Å²) in [5.41, 5.74) is 5.20. The Labute approximate surface area is 131 Å². The number of aromatic nitrogens is 1. The van der Waals surface area contributed by atoms with E-state index < -0.39 is 0 Å². The predicted octanol–water partition coefficient (Wildman–Crippen LogP) is 2.23. The number of nitrogens with zero attached hydrogens (tertiary/aromatic N) is 2. The van der Waals surface area contributed by atoms with E-state index in [4.69, 9.17) is 9.72 Å². The smallest absolute Gasteiger partial charge is 0.129 e. The number of fused-ring (bicyclic) bond motifs is 1. The lowest BCUT2D eigenvalue weighted by Gasteiger charge is -2.30. The van der Waals surface area contributed by atoms with Crippen molar-refractivity contribution in [3.05, 3.63) is 47.7 Å². The molecule has 4 nitrogen and oxygen atoms in total. The minimum absolute atomic E-state index is 0.793. The molecule has 1 aromatic carbocycles. The van der Waals surface area contributed by atoms with Crippen molar-refractivity contribution in [3.8, 4) is 11.1 Å². The van der Waals surface area contributed by atoms with Gasteiger partial charge in [0.2, 0.25) is 0 Å². The molecule has 1 aromatic heterocycles. The van der Waals surface area contributed by atoms with Crippen molar-refractivity contribution < 1.29 is 4.74 Å². The van der Waals surface area contributed by atoms with E-state index in [1.165, 1.54) is 22.4 Å². The fraction of sp³-hybridized carbons (Fsp3) is 0.389. The normalized spacial score (nSPS) is 18.1. The quantitative estimate of drug-likeness (QED) is 0.922. The van der Waals surface area contributed by atoms with Crippen molar-refractivity contribution in [3.63, 3.8) is 0 Å². The zero-order valence-electron chi connectivity index (χ0n) is 12.7. The molecule has 1 saturated heterocycles. The van der Waals surface area contributed by atoms with Crippen molar-refractivity contribution in [2.24, 2.45) is 0 Å². The minimum atomic E-state index is 0.793. The standard InChI is InChI=1S/C18H21N3O/c1-2-4-14(5-3-1)15-12-18(21-8-10-22-11-9-21)20-17-6-7-19-13-16(15)17/h1-5,12,19H,6-11,13H2. The summed E-state index contributed by atoms with van der Waals surface area (Å²) in [7, 11) is 0. The maximum absolute atomic E-state index is 5.47. The van der Waals surface area contributed by atoms with Crippen LogP contribution in [0.15, 0.2) is 36.4 Å². The molecular formula is C18H21N3O. The lowest BCUT2D eigenvalue weighted by molar-refractivity contribution is 0.122. The van der Waals surface area contributed by atoms with Gasteiger partial charge < -0.3 is 15.0 Å². The van der Waals surface area contributed by atoms with Crippen molar-refractivity contribution in [1.82, 2.24) is 10.3 Å². The largest absolute Gasteiger partial charge is 0.378 e. The van der Waals surface area contributed by atoms with E-state index in [9.17, 15) is 0 Å². The summed E-state index contributed by atoms with van der Waals surface area (Å²) in [4.78, 5) is 7.30. The fourth-order valence-corrected chi connectivity index (χ4v) is 3.26. The summed E-state index contributed by atoms with van der Waals surface area (Å²) in [6.07, 6.45) is 1.01. The van der Waals surface area contributed by atoms with Gasteiger partial charge in [-0.15, -0.1) is 0 Å². The van der Waals surface area contributed by atoms with Crippen molar-refractivity contribution in [1.29, 1.82) is 0 Å². The zero-order chi connectivity index (χ0) is 14.8. The van der Waals surface area contributed by atoms with Gasteiger partial charge in [-0.2, -0.15) is 0 Å². The number of morpholine rings is 1. The Bertz CT molecular complexity index is 651. The molecular weight excluding hydrogens is 274 g/mol. The number of anilines is 1. The average molecular weight is 295 g/mol. The van der Waals surface area contributed by atoms with E-state index in [-0.39, 0.29) is 0 Å². The van der Waals surface area contributed by atoms with Gasteiger partial charge in [-0.1, -0.05) is 30.3 Å². The Morgan fingerprint density at radius 3 is 2.73 bits per heavy atom. The lowest BCUT2D eigenvalue weighted by atomic mass is 9.95. The Balaban J connectivity index is 1.81. The summed E-state index contributed by atoms with van der Waals surface area (Å²) < 4.78 is 5.47. The van der Waals surface area contributed by atoms with Crippen LogP contribution < -0.4 is 10.2 Å². The molecule has 2 aliphatic rings. The maximum atomic E-state index is 5.47. The van der Waals surface area contributed by atoms with Crippen LogP contribution in [0.5, 0.6) is 0 Å². The van der Waals surface area contributed by atoms with E-state index in [1.807, 2.05) is 0 Å². The molecule has 0 unspecified atom stereocenters. The van der Waals surface area contributed by atoms with E-state index in [1.54, 1.807) is 0 Å². The molecule has 2 aliphatic heterocycles. The molecule has 114 valence electrons. The predicted molar refractivity (Wildman–Crippen MR) is 88.1 cm³/mol. The maximum Gasteiger partial charge on any atom is 0.129 e. The van der Waals surface area contributed by atoms with Crippen LogP contribution in [0.25, 0.3) is 11.1 Å². The van der Waals surface area contributed by atoms with Gasteiger partial charge in [-0.05, 0) is 22.8 Å². The number of hydrogen-bond donors (Lipinski definition) is 1. The second-order valence-electron chi connectivity index (χ2n) is 5.85. The molecule has 1 fully saturated rings. The van der Waals surface area contributed by atoms with Crippen LogP contribution in [-0.4, -0.2) is 37.8 Å². The number of hydrogen-bond acceptors (Lipinski definition) is 4. The SMILES string of the molecule is c1ccc(-c2cc(N3CCOCC3)nc3c2CNCC3)cc1. The molecule has 0 radical (unpaired) electrons. The third-order valence-corrected chi connectivity index (χ3v) is 4.46. The highest BCUT2D eigenvalue weighted by atomic mass is 16.5. The molecule has 0 amide bonds. The first-order valence-corrected chi connectivity index (χ1v) is 8.03. The Kier molecular flexibility index (Phi) is 3.79. The topological polar surface area (TPSA) is 37.4 Å². The third kappa shape index (κ3) is 2.60. The van der Waals surface area contributed by atoms with Gasteiger partial charge in [-0.3, -0.25) is 0 Å². The van der Waals surface area contributed by atoms with Crippen LogP contribution >= 0.6 is 0 Å². The van der Waals surface area contributed by atoms with Gasteiger partial charge in [0.15, 0.2) is 0 Å². The van der Waals surface area contributed by atoms with E-state index in [0.717, 1.165) is 51.6 Å². The van der Waals surface area contributed by atoms with Crippen LogP contribution in [0.2, 0.25) is 0 Å². The summed E-state index contributed by atoms with van der Waals surface area (Å²) in [6, 6.07) is 12.9. The molecule has 4 rings (SSSR count). The number of pyridine rings is 1. The number of rotatable bonds is 2. The second kappa shape index (κ2) is 6.07. The molecule has 0 aliphatic carbocycles. The Morgan fingerprint density at radius 1 is 1.09 bits per heavy atom. The molecule has 22 heavy (non-hydrogen) atoms. The minimum Gasteiger partial charge on any atom is -0.378 e. The van der Waals surface area contributed by atoms with Gasteiger partial charge in [-0.25, -0.2) is 4.98 Å². The molecule has 0 atom stereocenters. The van der Waals surface area contributed by atoms with Crippen LogP contribution in [-0.2, 0) is 17.7 Å². The molecule has 3 heterocycles. The number of ether oxygens (including phenoxy) is 1. The van der Waals surface area contributed by atoms with Crippen molar-refractivity contribution in [2.45, 2.75) is 13.0 Å². The monoisotopic (exact) mass is 295 g/mol. The second-order valence-corrected chi connectivity index (χ2v) is 5.85. The van der Waals surface area contributed by atoms with E-state index in [2.05, 4.69) is 46.6 Å². The molecule has 1 N–H and O–H groups in total.